The fourth-order valence-corrected chi connectivity index (χ4v) is 2.55. The highest BCUT2D eigenvalue weighted by Crippen LogP contribution is 2.23. The Hall–Kier alpha value is -1.22. The molecule has 0 saturated heterocycles. The predicted molar refractivity (Wildman–Crippen MR) is 72.1 cm³/mol. The average molecular weight is 268 g/mol. The molecule has 1 aromatic carbocycles. The Kier molecular flexibility index (Phi) is 4.48. The molecule has 2 N–H and O–H groups in total. The Bertz CT molecular complexity index is 426. The number of carbonyl (C=O) groups excluding carboxylic acids is 1. The molecule has 98 valence electrons. The molecule has 1 aliphatic carbocycles. The van der Waals surface area contributed by atoms with Gasteiger partial charge in [0, 0.05) is 11.1 Å². The number of carbonyl (C=O) groups is 1. The van der Waals surface area contributed by atoms with Gasteiger partial charge >= 0.3 is 0 Å². The molecular weight excluding hydrogens is 250 g/mol. The van der Waals surface area contributed by atoms with Gasteiger partial charge in [0.2, 0.25) is 0 Å². The standard InChI is InChI=1S/C14H18ClNO2/c15-10-7-8-13(17)12(9-10)14(18)16-11-5-3-1-2-4-6-11/h7-9,11,17H,1-6H2,(H,16,18). The van der Waals surface area contributed by atoms with Crippen molar-refractivity contribution >= 4 is 17.5 Å². The topological polar surface area (TPSA) is 49.3 Å². The highest BCUT2D eigenvalue weighted by Gasteiger charge is 2.18. The normalized spacial score (nSPS) is 17.2. The Balaban J connectivity index is 2.04. The molecule has 1 fully saturated rings. The van der Waals surface area contributed by atoms with Crippen LogP contribution < -0.4 is 5.32 Å². The summed E-state index contributed by atoms with van der Waals surface area (Å²) >= 11 is 5.84. The number of phenols is 1. The molecule has 4 heteroatoms. The van der Waals surface area contributed by atoms with Crippen LogP contribution in [0.15, 0.2) is 18.2 Å². The monoisotopic (exact) mass is 267 g/mol. The molecule has 1 amide bonds. The molecule has 2 rings (SSSR count). The molecular formula is C14H18ClNO2. The Labute approximate surface area is 112 Å². The molecule has 1 aromatic rings. The SMILES string of the molecule is O=C(NC1CCCCCC1)c1cc(Cl)ccc1O. The molecule has 0 unspecified atom stereocenters. The van der Waals surface area contributed by atoms with E-state index in [2.05, 4.69) is 5.32 Å². The summed E-state index contributed by atoms with van der Waals surface area (Å²) in [6, 6.07) is 4.74. The van der Waals surface area contributed by atoms with Gasteiger partial charge in [-0.15, -0.1) is 0 Å². The van der Waals surface area contributed by atoms with E-state index in [9.17, 15) is 9.90 Å². The maximum atomic E-state index is 12.1. The van der Waals surface area contributed by atoms with Crippen LogP contribution in [0.25, 0.3) is 0 Å². The third-order valence-corrected chi connectivity index (χ3v) is 3.63. The van der Waals surface area contributed by atoms with E-state index in [0.717, 1.165) is 25.7 Å². The van der Waals surface area contributed by atoms with E-state index in [0.29, 0.717) is 5.02 Å². The van der Waals surface area contributed by atoms with Gasteiger partial charge in [0.05, 0.1) is 5.56 Å². The minimum Gasteiger partial charge on any atom is -0.507 e. The fraction of sp³-hybridized carbons (Fsp3) is 0.500. The number of benzene rings is 1. The molecule has 18 heavy (non-hydrogen) atoms. The maximum Gasteiger partial charge on any atom is 0.255 e. The summed E-state index contributed by atoms with van der Waals surface area (Å²) in [5.41, 5.74) is 0.256. The molecule has 0 atom stereocenters. The molecule has 1 aliphatic rings. The van der Waals surface area contributed by atoms with Crippen molar-refractivity contribution in [2.75, 3.05) is 0 Å². The molecule has 3 nitrogen and oxygen atoms in total. The first-order valence-corrected chi connectivity index (χ1v) is 6.84. The van der Waals surface area contributed by atoms with Gasteiger partial charge < -0.3 is 10.4 Å². The lowest BCUT2D eigenvalue weighted by molar-refractivity contribution is 0.0930. The van der Waals surface area contributed by atoms with E-state index in [1.807, 2.05) is 0 Å². The highest BCUT2D eigenvalue weighted by molar-refractivity contribution is 6.31. The van der Waals surface area contributed by atoms with E-state index in [-0.39, 0.29) is 23.3 Å². The number of hydrogen-bond donors (Lipinski definition) is 2. The summed E-state index contributed by atoms with van der Waals surface area (Å²) in [7, 11) is 0. The second kappa shape index (κ2) is 6.10. The van der Waals surface area contributed by atoms with E-state index in [4.69, 9.17) is 11.6 Å². The number of halogens is 1. The summed E-state index contributed by atoms with van der Waals surface area (Å²) in [6.07, 6.45) is 6.85. The molecule has 0 bridgehead atoms. The van der Waals surface area contributed by atoms with Crippen LogP contribution in [-0.4, -0.2) is 17.1 Å². The number of hydrogen-bond acceptors (Lipinski definition) is 2. The molecule has 0 radical (unpaired) electrons. The lowest BCUT2D eigenvalue weighted by Crippen LogP contribution is -2.34. The molecule has 0 aliphatic heterocycles. The summed E-state index contributed by atoms with van der Waals surface area (Å²) in [5, 5.41) is 13.1. The van der Waals surface area contributed by atoms with Crippen molar-refractivity contribution in [3.05, 3.63) is 28.8 Å². The number of aromatic hydroxyl groups is 1. The summed E-state index contributed by atoms with van der Waals surface area (Å²) in [6.45, 7) is 0. The van der Waals surface area contributed by atoms with Gasteiger partial charge in [-0.05, 0) is 31.0 Å². The molecule has 0 heterocycles. The van der Waals surface area contributed by atoms with Crippen molar-refractivity contribution in [1.29, 1.82) is 0 Å². The summed E-state index contributed by atoms with van der Waals surface area (Å²) in [4.78, 5) is 12.1. The first-order chi connectivity index (χ1) is 8.66. The van der Waals surface area contributed by atoms with Crippen LogP contribution in [0.3, 0.4) is 0 Å². The number of rotatable bonds is 2. The largest absolute Gasteiger partial charge is 0.507 e. The van der Waals surface area contributed by atoms with Gasteiger partial charge in [-0.2, -0.15) is 0 Å². The van der Waals surface area contributed by atoms with Crippen LogP contribution in [0.5, 0.6) is 5.75 Å². The predicted octanol–water partition coefficient (Wildman–Crippen LogP) is 3.50. The van der Waals surface area contributed by atoms with Crippen LogP contribution in [0.1, 0.15) is 48.9 Å². The Morgan fingerprint density at radius 1 is 1.22 bits per heavy atom. The minimum absolute atomic E-state index is 0.0227. The van der Waals surface area contributed by atoms with Crippen molar-refractivity contribution in [3.8, 4) is 5.75 Å². The molecule has 0 aromatic heterocycles. The van der Waals surface area contributed by atoms with E-state index >= 15 is 0 Å². The molecule has 1 saturated carbocycles. The van der Waals surface area contributed by atoms with Gasteiger partial charge in [-0.3, -0.25) is 4.79 Å². The average Bonchev–Trinajstić information content (AvgIpc) is 2.61. The van der Waals surface area contributed by atoms with Crippen molar-refractivity contribution in [2.45, 2.75) is 44.6 Å². The number of amides is 1. The highest BCUT2D eigenvalue weighted by atomic mass is 35.5. The van der Waals surface area contributed by atoms with Gasteiger partial charge in [-0.1, -0.05) is 37.3 Å². The van der Waals surface area contributed by atoms with Crippen LogP contribution in [0, 0.1) is 0 Å². The number of phenolic OH excluding ortho intramolecular Hbond substituents is 1. The zero-order valence-electron chi connectivity index (χ0n) is 10.3. The van der Waals surface area contributed by atoms with Gasteiger partial charge in [0.15, 0.2) is 0 Å². The summed E-state index contributed by atoms with van der Waals surface area (Å²) < 4.78 is 0. The molecule has 0 spiro atoms. The van der Waals surface area contributed by atoms with Crippen molar-refractivity contribution in [2.24, 2.45) is 0 Å². The third-order valence-electron chi connectivity index (χ3n) is 3.39. The van der Waals surface area contributed by atoms with Crippen molar-refractivity contribution in [1.82, 2.24) is 5.32 Å². The van der Waals surface area contributed by atoms with Crippen LogP contribution in [0.4, 0.5) is 0 Å². The minimum atomic E-state index is -0.234. The first kappa shape index (κ1) is 13.2. The maximum absolute atomic E-state index is 12.1. The van der Waals surface area contributed by atoms with Crippen molar-refractivity contribution in [3.63, 3.8) is 0 Å². The van der Waals surface area contributed by atoms with Crippen LogP contribution in [-0.2, 0) is 0 Å². The van der Waals surface area contributed by atoms with Gasteiger partial charge in [0.1, 0.15) is 5.75 Å². The Morgan fingerprint density at radius 2 is 1.89 bits per heavy atom. The number of nitrogens with one attached hydrogen (secondary N) is 1. The van der Waals surface area contributed by atoms with Gasteiger partial charge in [0.25, 0.3) is 5.91 Å². The smallest absolute Gasteiger partial charge is 0.255 e. The fourth-order valence-electron chi connectivity index (χ4n) is 2.38. The van der Waals surface area contributed by atoms with E-state index < -0.39 is 0 Å². The van der Waals surface area contributed by atoms with Crippen LogP contribution in [0.2, 0.25) is 5.02 Å². The summed E-state index contributed by atoms with van der Waals surface area (Å²) in [5.74, 6) is -0.257. The second-order valence-corrected chi connectivity index (χ2v) is 5.26. The quantitative estimate of drug-likeness (QED) is 0.806. The zero-order valence-corrected chi connectivity index (χ0v) is 11.0. The third kappa shape index (κ3) is 3.39. The van der Waals surface area contributed by atoms with Gasteiger partial charge in [-0.25, -0.2) is 0 Å². The second-order valence-electron chi connectivity index (χ2n) is 4.82. The lowest BCUT2D eigenvalue weighted by atomic mass is 10.1. The van der Waals surface area contributed by atoms with Crippen LogP contribution >= 0.6 is 11.6 Å². The van der Waals surface area contributed by atoms with Crippen molar-refractivity contribution < 1.29 is 9.90 Å². The Morgan fingerprint density at radius 3 is 2.56 bits per heavy atom. The van der Waals surface area contributed by atoms with E-state index in [1.54, 1.807) is 6.07 Å². The lowest BCUT2D eigenvalue weighted by Gasteiger charge is -2.16. The zero-order chi connectivity index (χ0) is 13.0. The van der Waals surface area contributed by atoms with E-state index in [1.165, 1.54) is 25.0 Å². The first-order valence-electron chi connectivity index (χ1n) is 6.46.